The number of cyclic esters (lactones) is 1. The van der Waals surface area contributed by atoms with E-state index < -0.39 is 0 Å². The Kier molecular flexibility index (Phi) is 2.01. The van der Waals surface area contributed by atoms with Gasteiger partial charge in [-0.15, -0.1) is 0 Å². The van der Waals surface area contributed by atoms with Gasteiger partial charge in [0.1, 0.15) is 0 Å². The zero-order valence-corrected chi connectivity index (χ0v) is 9.21. The van der Waals surface area contributed by atoms with Crippen molar-refractivity contribution in [3.05, 3.63) is 53.6 Å². The maximum absolute atomic E-state index is 11.6. The molecule has 1 aliphatic rings. The number of rotatable bonds is 0. The summed E-state index contributed by atoms with van der Waals surface area (Å²) in [6, 6.07) is 11.8. The van der Waals surface area contributed by atoms with Gasteiger partial charge in [0.05, 0.1) is 5.56 Å². The molecule has 0 radical (unpaired) electrons. The molecule has 0 atom stereocenters. The number of carbonyl (C=O) groups is 1. The summed E-state index contributed by atoms with van der Waals surface area (Å²) in [6.07, 6.45) is 0. The molecule has 0 bridgehead atoms. The van der Waals surface area contributed by atoms with E-state index in [1.54, 1.807) is 0 Å². The van der Waals surface area contributed by atoms with Crippen LogP contribution < -0.4 is 0 Å². The summed E-state index contributed by atoms with van der Waals surface area (Å²) in [5.74, 6) is -0.315. The summed E-state index contributed by atoms with van der Waals surface area (Å²) < 4.78 is 4.99. The first-order valence-corrected chi connectivity index (χ1v) is 5.67. The molecule has 0 aromatic heterocycles. The fourth-order valence-electron chi connectivity index (χ4n) is 1.77. The summed E-state index contributed by atoms with van der Waals surface area (Å²) in [4.78, 5) is 12.6. The second kappa shape index (κ2) is 3.39. The Labute approximate surface area is 96.9 Å². The van der Waals surface area contributed by atoms with E-state index in [1.807, 2.05) is 36.4 Å². The highest BCUT2D eigenvalue weighted by Crippen LogP contribution is 2.37. The molecule has 0 N–H and O–H groups in total. The molecule has 2 aromatic carbocycles. The van der Waals surface area contributed by atoms with Crippen molar-refractivity contribution in [2.45, 2.75) is 4.90 Å². The van der Waals surface area contributed by atoms with E-state index in [0.717, 1.165) is 15.7 Å². The number of benzene rings is 2. The van der Waals surface area contributed by atoms with Crippen LogP contribution in [0.2, 0.25) is 0 Å². The van der Waals surface area contributed by atoms with Crippen LogP contribution in [0.5, 0.6) is 0 Å². The standard InChI is InChI=1S/C13H8O2S/c1-8-15-13(14)11-6-9-4-2-3-5-10(9)7-12(11)16-8/h2-7H,1H2. The molecular formula is C13H8O2S. The number of ether oxygens (including phenoxy) is 1. The van der Waals surface area contributed by atoms with Gasteiger partial charge in [0.2, 0.25) is 0 Å². The quantitative estimate of drug-likeness (QED) is 0.645. The SMILES string of the molecule is C=C1OC(=O)c2cc3ccccc3cc2S1. The van der Waals surface area contributed by atoms with Crippen LogP contribution in [0, 0.1) is 0 Å². The molecule has 0 aliphatic carbocycles. The lowest BCUT2D eigenvalue weighted by molar-refractivity contribution is 0.0643. The minimum absolute atomic E-state index is 0.315. The van der Waals surface area contributed by atoms with Crippen molar-refractivity contribution >= 4 is 28.5 Å². The van der Waals surface area contributed by atoms with Crippen LogP contribution in [-0.4, -0.2) is 5.97 Å². The Morgan fingerprint density at radius 2 is 1.81 bits per heavy atom. The Morgan fingerprint density at radius 3 is 2.56 bits per heavy atom. The van der Waals surface area contributed by atoms with Gasteiger partial charge in [-0.2, -0.15) is 0 Å². The third kappa shape index (κ3) is 1.41. The van der Waals surface area contributed by atoms with Crippen LogP contribution in [0.1, 0.15) is 10.4 Å². The summed E-state index contributed by atoms with van der Waals surface area (Å²) in [7, 11) is 0. The molecule has 1 heterocycles. The molecular weight excluding hydrogens is 220 g/mol. The first kappa shape index (κ1) is 9.48. The Balaban J connectivity index is 2.30. The van der Waals surface area contributed by atoms with Crippen molar-refractivity contribution in [3.63, 3.8) is 0 Å². The van der Waals surface area contributed by atoms with E-state index >= 15 is 0 Å². The lowest BCUT2D eigenvalue weighted by Crippen LogP contribution is -2.09. The van der Waals surface area contributed by atoms with E-state index in [2.05, 4.69) is 6.58 Å². The summed E-state index contributed by atoms with van der Waals surface area (Å²) in [5, 5.41) is 2.61. The van der Waals surface area contributed by atoms with Crippen molar-refractivity contribution in [2.24, 2.45) is 0 Å². The Morgan fingerprint density at radius 1 is 1.12 bits per heavy atom. The second-order valence-corrected chi connectivity index (χ2v) is 4.66. The predicted octanol–water partition coefficient (Wildman–Crippen LogP) is 3.57. The fraction of sp³-hybridized carbons (Fsp3) is 0. The number of thioether (sulfide) groups is 1. The van der Waals surface area contributed by atoms with Crippen molar-refractivity contribution in [2.75, 3.05) is 0 Å². The summed E-state index contributed by atoms with van der Waals surface area (Å²) in [6.45, 7) is 3.66. The highest BCUT2D eigenvalue weighted by atomic mass is 32.2. The molecule has 0 saturated heterocycles. The lowest BCUT2D eigenvalue weighted by Gasteiger charge is -2.16. The lowest BCUT2D eigenvalue weighted by atomic mass is 10.1. The normalized spacial score (nSPS) is 14.8. The van der Waals surface area contributed by atoms with Gasteiger partial charge >= 0.3 is 5.97 Å². The van der Waals surface area contributed by atoms with E-state index in [4.69, 9.17) is 4.74 Å². The van der Waals surface area contributed by atoms with Crippen LogP contribution in [-0.2, 0) is 4.74 Å². The third-order valence-corrected chi connectivity index (χ3v) is 3.37. The molecule has 3 heteroatoms. The van der Waals surface area contributed by atoms with Crippen LogP contribution >= 0.6 is 11.8 Å². The fourth-order valence-corrected chi connectivity index (χ4v) is 2.57. The van der Waals surface area contributed by atoms with Gasteiger partial charge in [-0.1, -0.05) is 36.0 Å². The molecule has 0 unspecified atom stereocenters. The van der Waals surface area contributed by atoms with E-state index in [-0.39, 0.29) is 5.97 Å². The topological polar surface area (TPSA) is 26.3 Å². The van der Waals surface area contributed by atoms with Crippen molar-refractivity contribution in [1.29, 1.82) is 0 Å². The number of fused-ring (bicyclic) bond motifs is 2. The molecule has 0 saturated carbocycles. The van der Waals surface area contributed by atoms with Gasteiger partial charge in [-0.3, -0.25) is 0 Å². The second-order valence-electron chi connectivity index (χ2n) is 3.56. The molecule has 0 spiro atoms. The van der Waals surface area contributed by atoms with Crippen molar-refractivity contribution in [1.82, 2.24) is 0 Å². The predicted molar refractivity (Wildman–Crippen MR) is 64.4 cm³/mol. The average molecular weight is 228 g/mol. The first-order valence-electron chi connectivity index (χ1n) is 4.86. The minimum atomic E-state index is -0.315. The van der Waals surface area contributed by atoms with Crippen LogP contribution in [0.15, 0.2) is 53.0 Å². The molecule has 3 rings (SSSR count). The van der Waals surface area contributed by atoms with E-state index in [1.165, 1.54) is 11.8 Å². The number of esters is 1. The highest BCUT2D eigenvalue weighted by Gasteiger charge is 2.22. The molecule has 2 nitrogen and oxygen atoms in total. The van der Waals surface area contributed by atoms with Crippen LogP contribution in [0.25, 0.3) is 10.8 Å². The highest BCUT2D eigenvalue weighted by molar-refractivity contribution is 8.03. The Hall–Kier alpha value is -1.74. The largest absolute Gasteiger partial charge is 0.416 e. The van der Waals surface area contributed by atoms with Crippen LogP contribution in [0.4, 0.5) is 0 Å². The molecule has 1 aliphatic heterocycles. The number of carbonyl (C=O) groups excluding carboxylic acids is 1. The van der Waals surface area contributed by atoms with Gasteiger partial charge in [-0.25, -0.2) is 4.79 Å². The minimum Gasteiger partial charge on any atom is -0.416 e. The van der Waals surface area contributed by atoms with Crippen molar-refractivity contribution in [3.8, 4) is 0 Å². The van der Waals surface area contributed by atoms with E-state index in [0.29, 0.717) is 10.7 Å². The molecule has 16 heavy (non-hydrogen) atoms. The smallest absolute Gasteiger partial charge is 0.345 e. The zero-order valence-electron chi connectivity index (χ0n) is 8.40. The summed E-state index contributed by atoms with van der Waals surface area (Å²) >= 11 is 1.39. The third-order valence-electron chi connectivity index (χ3n) is 2.50. The molecule has 0 amide bonds. The first-order chi connectivity index (χ1) is 7.74. The van der Waals surface area contributed by atoms with Gasteiger partial charge in [-0.05, 0) is 29.5 Å². The van der Waals surface area contributed by atoms with E-state index in [9.17, 15) is 4.79 Å². The summed E-state index contributed by atoms with van der Waals surface area (Å²) in [5.41, 5.74) is 0.621. The van der Waals surface area contributed by atoms with Crippen molar-refractivity contribution < 1.29 is 9.53 Å². The number of hydrogen-bond acceptors (Lipinski definition) is 3. The van der Waals surface area contributed by atoms with Gasteiger partial charge in [0, 0.05) is 4.90 Å². The maximum Gasteiger partial charge on any atom is 0.345 e. The average Bonchev–Trinajstić information content (AvgIpc) is 2.27. The van der Waals surface area contributed by atoms with Gasteiger partial charge in [0.15, 0.2) is 5.09 Å². The monoisotopic (exact) mass is 228 g/mol. The van der Waals surface area contributed by atoms with Gasteiger partial charge < -0.3 is 4.74 Å². The maximum atomic E-state index is 11.6. The van der Waals surface area contributed by atoms with Crippen LogP contribution in [0.3, 0.4) is 0 Å². The molecule has 2 aromatic rings. The zero-order chi connectivity index (χ0) is 11.1. The van der Waals surface area contributed by atoms with Gasteiger partial charge in [0.25, 0.3) is 0 Å². The number of hydrogen-bond donors (Lipinski definition) is 0. The molecule has 78 valence electrons. The molecule has 0 fully saturated rings. The Bertz CT molecular complexity index is 616.